The van der Waals surface area contributed by atoms with Crippen molar-refractivity contribution in [3.8, 4) is 0 Å². The third kappa shape index (κ3) is 4.69. The predicted octanol–water partition coefficient (Wildman–Crippen LogP) is 2.40. The number of amides is 1. The van der Waals surface area contributed by atoms with Gasteiger partial charge in [-0.25, -0.2) is 13.6 Å². The third-order valence-electron chi connectivity index (χ3n) is 4.51. The number of hydrogen-bond donors (Lipinski definition) is 3. The van der Waals surface area contributed by atoms with Crippen molar-refractivity contribution < 1.29 is 13.2 Å². The highest BCUT2D eigenvalue weighted by molar-refractivity contribution is 7.89. The average Bonchev–Trinajstić information content (AvgIpc) is 3.44. The van der Waals surface area contributed by atoms with Gasteiger partial charge in [0, 0.05) is 11.7 Å². The highest BCUT2D eigenvalue weighted by Gasteiger charge is 2.33. The topological polar surface area (TPSA) is 101 Å². The molecule has 6 nitrogen and oxygen atoms in total. The zero-order valence-corrected chi connectivity index (χ0v) is 15.4. The Kier molecular flexibility index (Phi) is 5.41. The molecule has 1 aliphatic carbocycles. The first-order chi connectivity index (χ1) is 12.3. The highest BCUT2D eigenvalue weighted by atomic mass is 32.2. The van der Waals surface area contributed by atoms with Crippen LogP contribution in [0.2, 0.25) is 0 Å². The van der Waals surface area contributed by atoms with Crippen LogP contribution in [0.5, 0.6) is 0 Å². The van der Waals surface area contributed by atoms with Crippen LogP contribution in [0.15, 0.2) is 59.5 Å². The molecule has 1 amide bonds. The van der Waals surface area contributed by atoms with Crippen LogP contribution in [-0.2, 0) is 14.8 Å². The Hall–Kier alpha value is -2.22. The van der Waals surface area contributed by atoms with Crippen LogP contribution in [0.3, 0.4) is 0 Å². The molecule has 1 fully saturated rings. The van der Waals surface area contributed by atoms with Gasteiger partial charge in [0.2, 0.25) is 15.9 Å². The van der Waals surface area contributed by atoms with E-state index in [2.05, 4.69) is 22.8 Å². The minimum absolute atomic E-state index is 0.0314. The van der Waals surface area contributed by atoms with Crippen molar-refractivity contribution >= 4 is 21.6 Å². The second kappa shape index (κ2) is 7.57. The van der Waals surface area contributed by atoms with Gasteiger partial charge >= 0.3 is 0 Å². The zero-order valence-electron chi connectivity index (χ0n) is 14.6. The maximum Gasteiger partial charge on any atom is 0.241 e. The van der Waals surface area contributed by atoms with Gasteiger partial charge in [-0.2, -0.15) is 0 Å². The van der Waals surface area contributed by atoms with Gasteiger partial charge in [0.15, 0.2) is 0 Å². The molecule has 0 radical (unpaired) electrons. The van der Waals surface area contributed by atoms with E-state index in [1.807, 2.05) is 18.2 Å². The molecule has 0 bridgehead atoms. The van der Waals surface area contributed by atoms with Crippen molar-refractivity contribution in [1.82, 2.24) is 5.32 Å². The van der Waals surface area contributed by atoms with E-state index in [1.165, 1.54) is 17.7 Å². The second-order valence-electron chi connectivity index (χ2n) is 6.68. The Labute approximate surface area is 153 Å². The number of nitrogens with two attached hydrogens (primary N) is 1. The summed E-state index contributed by atoms with van der Waals surface area (Å²) in [6, 6.07) is 15.7. The van der Waals surface area contributed by atoms with Gasteiger partial charge in [0.05, 0.1) is 10.9 Å². The standard InChI is InChI=1S/C19H23N3O3S/c1-13(21-18(15-10-11-15)14-6-3-2-4-7-14)19(23)22-16-8-5-9-17(12-16)26(20,24)25/h2-9,12-13,15,18,21H,10-11H2,1H3,(H,22,23)(H2,20,24,25). The number of carbonyl (C=O) groups excluding carboxylic acids is 1. The number of sulfonamides is 1. The molecule has 2 aromatic carbocycles. The van der Waals surface area contributed by atoms with Gasteiger partial charge in [-0.05, 0) is 49.4 Å². The number of hydrogen-bond acceptors (Lipinski definition) is 4. The second-order valence-corrected chi connectivity index (χ2v) is 8.24. The van der Waals surface area contributed by atoms with Crippen LogP contribution in [0.1, 0.15) is 31.4 Å². The molecule has 0 aliphatic heterocycles. The summed E-state index contributed by atoms with van der Waals surface area (Å²) in [6.45, 7) is 1.80. The lowest BCUT2D eigenvalue weighted by Crippen LogP contribution is -2.41. The number of anilines is 1. The zero-order chi connectivity index (χ0) is 18.7. The van der Waals surface area contributed by atoms with Gasteiger partial charge in [0.25, 0.3) is 0 Å². The Bertz CT molecular complexity index is 880. The molecule has 2 unspecified atom stereocenters. The van der Waals surface area contributed by atoms with Crippen LogP contribution in [0, 0.1) is 5.92 Å². The Morgan fingerprint density at radius 3 is 2.42 bits per heavy atom. The van der Waals surface area contributed by atoms with Crippen molar-refractivity contribution in [3.63, 3.8) is 0 Å². The van der Waals surface area contributed by atoms with E-state index in [4.69, 9.17) is 5.14 Å². The smallest absolute Gasteiger partial charge is 0.241 e. The summed E-state index contributed by atoms with van der Waals surface area (Å²) in [4.78, 5) is 12.5. The predicted molar refractivity (Wildman–Crippen MR) is 101 cm³/mol. The SMILES string of the molecule is CC(NC(c1ccccc1)C1CC1)C(=O)Nc1cccc(S(N)(=O)=O)c1. The molecule has 3 rings (SSSR count). The number of nitrogens with one attached hydrogen (secondary N) is 2. The first-order valence-electron chi connectivity index (χ1n) is 8.59. The highest BCUT2D eigenvalue weighted by Crippen LogP contribution is 2.41. The first kappa shape index (κ1) is 18.6. The van der Waals surface area contributed by atoms with Gasteiger partial charge in [0.1, 0.15) is 0 Å². The molecular weight excluding hydrogens is 350 g/mol. The Morgan fingerprint density at radius 2 is 1.81 bits per heavy atom. The van der Waals surface area contributed by atoms with Crippen molar-refractivity contribution in [2.24, 2.45) is 11.1 Å². The average molecular weight is 373 g/mol. The molecule has 2 aromatic rings. The van der Waals surface area contributed by atoms with E-state index in [0.717, 1.165) is 12.8 Å². The van der Waals surface area contributed by atoms with Crippen molar-refractivity contribution in [3.05, 3.63) is 60.2 Å². The summed E-state index contributed by atoms with van der Waals surface area (Å²) in [5.74, 6) is 0.316. The van der Waals surface area contributed by atoms with Gasteiger partial charge < -0.3 is 5.32 Å². The summed E-state index contributed by atoms with van der Waals surface area (Å²) >= 11 is 0. The number of benzene rings is 2. The van der Waals surface area contributed by atoms with Crippen LogP contribution >= 0.6 is 0 Å². The molecule has 138 valence electrons. The summed E-state index contributed by atoms with van der Waals surface area (Å²) < 4.78 is 22.9. The van der Waals surface area contributed by atoms with E-state index >= 15 is 0 Å². The lowest BCUT2D eigenvalue weighted by molar-refractivity contribution is -0.118. The van der Waals surface area contributed by atoms with Crippen LogP contribution in [0.4, 0.5) is 5.69 Å². The van der Waals surface area contributed by atoms with Crippen LogP contribution in [-0.4, -0.2) is 20.4 Å². The van der Waals surface area contributed by atoms with E-state index in [1.54, 1.807) is 19.1 Å². The molecule has 4 N–H and O–H groups in total. The van der Waals surface area contributed by atoms with E-state index in [-0.39, 0.29) is 16.8 Å². The van der Waals surface area contributed by atoms with Gasteiger partial charge in [-0.1, -0.05) is 36.4 Å². The Morgan fingerprint density at radius 1 is 1.12 bits per heavy atom. The lowest BCUT2D eigenvalue weighted by Gasteiger charge is -2.23. The van der Waals surface area contributed by atoms with E-state index in [0.29, 0.717) is 11.6 Å². The Balaban J connectivity index is 1.68. The number of carbonyl (C=O) groups is 1. The maximum absolute atomic E-state index is 12.5. The largest absolute Gasteiger partial charge is 0.325 e. The normalized spacial score (nSPS) is 16.7. The summed E-state index contributed by atoms with van der Waals surface area (Å²) in [5, 5.41) is 11.3. The van der Waals surface area contributed by atoms with Crippen LogP contribution in [0.25, 0.3) is 0 Å². The van der Waals surface area contributed by atoms with Crippen LogP contribution < -0.4 is 15.8 Å². The lowest BCUT2D eigenvalue weighted by atomic mass is 10.0. The summed E-state index contributed by atoms with van der Waals surface area (Å²) in [6.07, 6.45) is 2.30. The third-order valence-corrected chi connectivity index (χ3v) is 5.42. The van der Waals surface area contributed by atoms with E-state index < -0.39 is 16.1 Å². The van der Waals surface area contributed by atoms with Crippen molar-refractivity contribution in [2.45, 2.75) is 36.7 Å². The molecular formula is C19H23N3O3S. The van der Waals surface area contributed by atoms with Crippen molar-refractivity contribution in [1.29, 1.82) is 0 Å². The molecule has 1 saturated carbocycles. The molecule has 0 saturated heterocycles. The maximum atomic E-state index is 12.5. The molecule has 1 aliphatic rings. The van der Waals surface area contributed by atoms with Gasteiger partial charge in [-0.3, -0.25) is 10.1 Å². The van der Waals surface area contributed by atoms with Gasteiger partial charge in [-0.15, -0.1) is 0 Å². The molecule has 0 heterocycles. The minimum atomic E-state index is -3.81. The van der Waals surface area contributed by atoms with E-state index in [9.17, 15) is 13.2 Å². The monoisotopic (exact) mass is 373 g/mol. The fourth-order valence-electron chi connectivity index (χ4n) is 2.94. The molecule has 2 atom stereocenters. The van der Waals surface area contributed by atoms with Crippen molar-refractivity contribution in [2.75, 3.05) is 5.32 Å². The number of rotatable bonds is 7. The fourth-order valence-corrected chi connectivity index (χ4v) is 3.50. The quantitative estimate of drug-likeness (QED) is 0.694. The molecule has 0 aromatic heterocycles. The molecule has 0 spiro atoms. The minimum Gasteiger partial charge on any atom is -0.325 e. The fraction of sp³-hybridized carbons (Fsp3) is 0.316. The molecule has 7 heteroatoms. The first-order valence-corrected chi connectivity index (χ1v) is 10.1. The summed E-state index contributed by atoms with van der Waals surface area (Å²) in [5.41, 5.74) is 1.57. The molecule has 26 heavy (non-hydrogen) atoms. The summed E-state index contributed by atoms with van der Waals surface area (Å²) in [7, 11) is -3.81. The number of primary sulfonamides is 1.